The largest absolute Gasteiger partial charge is 0.316 e. The molecule has 0 spiro atoms. The number of halogens is 1. The topological polar surface area (TPSA) is 12.0 Å². The first kappa shape index (κ1) is 12.7. The molecule has 0 saturated heterocycles. The van der Waals surface area contributed by atoms with Gasteiger partial charge in [-0.25, -0.2) is 0 Å². The maximum Gasteiger partial charge on any atom is 0.0254 e. The molecule has 0 aromatic heterocycles. The van der Waals surface area contributed by atoms with Crippen molar-refractivity contribution < 1.29 is 0 Å². The van der Waals surface area contributed by atoms with Gasteiger partial charge >= 0.3 is 0 Å². The molecule has 2 saturated carbocycles. The Bertz CT molecular complexity index is 189. The second-order valence-corrected chi connectivity index (χ2v) is 6.08. The molecule has 0 radical (unpaired) electrons. The Hall–Kier alpha value is 0.250. The zero-order valence-corrected chi connectivity index (χ0v) is 11.1. The standard InChI is InChI=1S/C14H26ClN/c15-9-13-7-3-4-8-14(13)11-16-10-12-5-1-2-6-12/h12-14,16H,1-11H2. The average molecular weight is 244 g/mol. The van der Waals surface area contributed by atoms with Crippen molar-refractivity contribution in [3.05, 3.63) is 0 Å². The van der Waals surface area contributed by atoms with Crippen LogP contribution in [0.1, 0.15) is 51.4 Å². The molecule has 2 unspecified atom stereocenters. The van der Waals surface area contributed by atoms with Crippen LogP contribution in [-0.2, 0) is 0 Å². The van der Waals surface area contributed by atoms with Gasteiger partial charge in [-0.15, -0.1) is 11.6 Å². The zero-order valence-electron chi connectivity index (χ0n) is 10.4. The van der Waals surface area contributed by atoms with Crippen molar-refractivity contribution in [2.45, 2.75) is 51.4 Å². The van der Waals surface area contributed by atoms with Crippen LogP contribution in [0.4, 0.5) is 0 Å². The van der Waals surface area contributed by atoms with Gasteiger partial charge in [0.05, 0.1) is 0 Å². The molecule has 2 aliphatic carbocycles. The summed E-state index contributed by atoms with van der Waals surface area (Å²) in [5, 5.41) is 3.70. The second-order valence-electron chi connectivity index (χ2n) is 5.77. The summed E-state index contributed by atoms with van der Waals surface area (Å²) in [6.45, 7) is 2.47. The molecule has 1 N–H and O–H groups in total. The van der Waals surface area contributed by atoms with Gasteiger partial charge in [-0.1, -0.05) is 25.7 Å². The number of hydrogen-bond donors (Lipinski definition) is 1. The first-order chi connectivity index (χ1) is 7.90. The normalized spacial score (nSPS) is 32.1. The lowest BCUT2D eigenvalue weighted by Crippen LogP contribution is -2.33. The average Bonchev–Trinajstić information content (AvgIpc) is 2.83. The van der Waals surface area contributed by atoms with Crippen molar-refractivity contribution in [2.24, 2.45) is 17.8 Å². The van der Waals surface area contributed by atoms with E-state index in [0.717, 1.165) is 23.6 Å². The van der Waals surface area contributed by atoms with Crippen LogP contribution in [0, 0.1) is 17.8 Å². The quantitative estimate of drug-likeness (QED) is 0.724. The zero-order chi connectivity index (χ0) is 11.2. The fraction of sp³-hybridized carbons (Fsp3) is 1.00. The SMILES string of the molecule is ClCC1CCCCC1CNCC1CCCC1. The molecule has 0 amide bonds. The van der Waals surface area contributed by atoms with Gasteiger partial charge in [0.25, 0.3) is 0 Å². The molecule has 0 aromatic carbocycles. The molecule has 0 heterocycles. The predicted octanol–water partition coefficient (Wildman–Crippen LogP) is 3.81. The van der Waals surface area contributed by atoms with E-state index in [1.54, 1.807) is 0 Å². The van der Waals surface area contributed by atoms with E-state index in [-0.39, 0.29) is 0 Å². The van der Waals surface area contributed by atoms with Crippen LogP contribution in [0.15, 0.2) is 0 Å². The lowest BCUT2D eigenvalue weighted by molar-refractivity contribution is 0.247. The van der Waals surface area contributed by atoms with Gasteiger partial charge in [0.2, 0.25) is 0 Å². The van der Waals surface area contributed by atoms with E-state index in [1.165, 1.54) is 64.5 Å². The summed E-state index contributed by atoms with van der Waals surface area (Å²) in [5.41, 5.74) is 0. The molecule has 0 aromatic rings. The maximum absolute atomic E-state index is 6.05. The van der Waals surface area contributed by atoms with Gasteiger partial charge in [0, 0.05) is 5.88 Å². The Labute approximate surface area is 105 Å². The van der Waals surface area contributed by atoms with E-state index in [0.29, 0.717) is 0 Å². The van der Waals surface area contributed by atoms with E-state index >= 15 is 0 Å². The smallest absolute Gasteiger partial charge is 0.0254 e. The first-order valence-electron chi connectivity index (χ1n) is 7.17. The molecule has 2 fully saturated rings. The van der Waals surface area contributed by atoms with E-state index in [4.69, 9.17) is 11.6 Å². The number of hydrogen-bond acceptors (Lipinski definition) is 1. The fourth-order valence-electron chi connectivity index (χ4n) is 3.44. The minimum absolute atomic E-state index is 0.784. The molecule has 2 heteroatoms. The molecule has 1 nitrogen and oxygen atoms in total. The monoisotopic (exact) mass is 243 g/mol. The van der Waals surface area contributed by atoms with Crippen molar-refractivity contribution in [3.8, 4) is 0 Å². The molecule has 2 aliphatic rings. The highest BCUT2D eigenvalue weighted by molar-refractivity contribution is 6.18. The van der Waals surface area contributed by atoms with Crippen LogP contribution in [0.25, 0.3) is 0 Å². The summed E-state index contributed by atoms with van der Waals surface area (Å²) in [6, 6.07) is 0. The molecule has 0 aliphatic heterocycles. The fourth-order valence-corrected chi connectivity index (χ4v) is 3.85. The number of rotatable bonds is 5. The summed E-state index contributed by atoms with van der Waals surface area (Å²) < 4.78 is 0. The minimum Gasteiger partial charge on any atom is -0.316 e. The lowest BCUT2D eigenvalue weighted by atomic mass is 9.80. The van der Waals surface area contributed by atoms with Crippen molar-refractivity contribution in [3.63, 3.8) is 0 Å². The van der Waals surface area contributed by atoms with Crippen LogP contribution in [0.2, 0.25) is 0 Å². The lowest BCUT2D eigenvalue weighted by Gasteiger charge is -2.30. The Balaban J connectivity index is 1.63. The van der Waals surface area contributed by atoms with E-state index < -0.39 is 0 Å². The summed E-state index contributed by atoms with van der Waals surface area (Å²) in [7, 11) is 0. The summed E-state index contributed by atoms with van der Waals surface area (Å²) in [6.07, 6.45) is 11.4. The van der Waals surface area contributed by atoms with E-state index in [1.807, 2.05) is 0 Å². The highest BCUT2D eigenvalue weighted by atomic mass is 35.5. The van der Waals surface area contributed by atoms with Crippen LogP contribution < -0.4 is 5.32 Å². The molecule has 94 valence electrons. The number of nitrogens with one attached hydrogen (secondary N) is 1. The van der Waals surface area contributed by atoms with E-state index in [9.17, 15) is 0 Å². The van der Waals surface area contributed by atoms with Crippen molar-refractivity contribution in [1.29, 1.82) is 0 Å². The highest BCUT2D eigenvalue weighted by Gasteiger charge is 2.24. The van der Waals surface area contributed by atoms with Crippen LogP contribution in [-0.4, -0.2) is 19.0 Å². The molecule has 0 bridgehead atoms. The molecule has 2 rings (SSSR count). The van der Waals surface area contributed by atoms with Gasteiger partial charge in [0.1, 0.15) is 0 Å². The minimum atomic E-state index is 0.784. The third kappa shape index (κ3) is 3.63. The van der Waals surface area contributed by atoms with Gasteiger partial charge < -0.3 is 5.32 Å². The van der Waals surface area contributed by atoms with Crippen LogP contribution in [0.5, 0.6) is 0 Å². The second kappa shape index (κ2) is 6.86. The summed E-state index contributed by atoms with van der Waals surface area (Å²) in [4.78, 5) is 0. The van der Waals surface area contributed by atoms with Gasteiger partial charge in [-0.05, 0) is 56.5 Å². The predicted molar refractivity (Wildman–Crippen MR) is 71.0 cm³/mol. The third-order valence-corrected chi connectivity index (χ3v) is 4.98. The van der Waals surface area contributed by atoms with Gasteiger partial charge in [-0.3, -0.25) is 0 Å². The Kier molecular flexibility index (Phi) is 5.44. The highest BCUT2D eigenvalue weighted by Crippen LogP contribution is 2.30. The van der Waals surface area contributed by atoms with Crippen molar-refractivity contribution >= 4 is 11.6 Å². The third-order valence-electron chi connectivity index (χ3n) is 4.58. The summed E-state index contributed by atoms with van der Waals surface area (Å²) >= 11 is 6.05. The number of alkyl halides is 1. The van der Waals surface area contributed by atoms with Crippen LogP contribution in [0.3, 0.4) is 0 Å². The molecular weight excluding hydrogens is 218 g/mol. The Morgan fingerprint density at radius 2 is 1.44 bits per heavy atom. The Morgan fingerprint density at radius 3 is 2.12 bits per heavy atom. The van der Waals surface area contributed by atoms with Crippen molar-refractivity contribution in [1.82, 2.24) is 5.32 Å². The molecule has 16 heavy (non-hydrogen) atoms. The molecule has 2 atom stereocenters. The van der Waals surface area contributed by atoms with Gasteiger partial charge in [-0.2, -0.15) is 0 Å². The van der Waals surface area contributed by atoms with E-state index in [2.05, 4.69) is 5.32 Å². The first-order valence-corrected chi connectivity index (χ1v) is 7.70. The van der Waals surface area contributed by atoms with Gasteiger partial charge in [0.15, 0.2) is 0 Å². The summed E-state index contributed by atoms with van der Waals surface area (Å²) in [5.74, 6) is 3.48. The molecular formula is C14H26ClN. The Morgan fingerprint density at radius 1 is 0.812 bits per heavy atom. The van der Waals surface area contributed by atoms with Crippen molar-refractivity contribution in [2.75, 3.05) is 19.0 Å². The maximum atomic E-state index is 6.05. The van der Waals surface area contributed by atoms with Crippen LogP contribution >= 0.6 is 11.6 Å².